The number of carboxylic acids is 3. The summed E-state index contributed by atoms with van der Waals surface area (Å²) in [6.07, 6.45) is -0.325. The van der Waals surface area contributed by atoms with Crippen LogP contribution in [0.4, 0.5) is 0 Å². The third-order valence-electron chi connectivity index (χ3n) is 1.69. The molecule has 8 heteroatoms. The maximum atomic E-state index is 10.7. The number of carbonyl (C=O) groups is 3. The van der Waals surface area contributed by atoms with Gasteiger partial charge in [0.15, 0.2) is 0 Å². The molecule has 5 N–H and O–H groups in total. The number of thioether (sulfide) groups is 1. The third kappa shape index (κ3) is 6.25. The Balaban J connectivity index is 4.09. The van der Waals surface area contributed by atoms with E-state index in [1.54, 1.807) is 0 Å². The molecule has 0 saturated carbocycles. The van der Waals surface area contributed by atoms with Gasteiger partial charge in [-0.1, -0.05) is 0 Å². The molecule has 16 heavy (non-hydrogen) atoms. The van der Waals surface area contributed by atoms with Crippen LogP contribution in [0.15, 0.2) is 0 Å². The predicted molar refractivity (Wildman–Crippen MR) is 56.4 cm³/mol. The van der Waals surface area contributed by atoms with Crippen molar-refractivity contribution >= 4 is 29.7 Å². The average molecular weight is 251 g/mol. The maximum absolute atomic E-state index is 10.7. The Morgan fingerprint density at radius 3 is 2.06 bits per heavy atom. The average Bonchev–Trinajstić information content (AvgIpc) is 2.15. The molecule has 1 unspecified atom stereocenters. The van der Waals surface area contributed by atoms with Gasteiger partial charge in [-0.3, -0.25) is 14.4 Å². The van der Waals surface area contributed by atoms with Crippen molar-refractivity contribution in [3.8, 4) is 0 Å². The van der Waals surface area contributed by atoms with Crippen LogP contribution >= 0.6 is 11.8 Å². The summed E-state index contributed by atoms with van der Waals surface area (Å²) in [5, 5.41) is 24.7. The van der Waals surface area contributed by atoms with Crippen LogP contribution in [0.25, 0.3) is 0 Å². The van der Waals surface area contributed by atoms with Crippen LogP contribution < -0.4 is 5.73 Å². The van der Waals surface area contributed by atoms with E-state index in [0.717, 1.165) is 11.8 Å². The van der Waals surface area contributed by atoms with Gasteiger partial charge in [0.2, 0.25) is 0 Å². The molecular formula is C8H13NO6S. The summed E-state index contributed by atoms with van der Waals surface area (Å²) >= 11 is 0.839. The van der Waals surface area contributed by atoms with Crippen LogP contribution in [0.3, 0.4) is 0 Å². The second-order valence-corrected chi connectivity index (χ2v) is 4.27. The molecule has 7 nitrogen and oxygen atoms in total. The molecule has 0 heterocycles. The fourth-order valence-corrected chi connectivity index (χ4v) is 1.83. The van der Waals surface area contributed by atoms with Crippen molar-refractivity contribution in [3.05, 3.63) is 0 Å². The molecule has 0 aliphatic carbocycles. The summed E-state index contributed by atoms with van der Waals surface area (Å²) in [5.74, 6) is -3.53. The standard InChI is InChI=1S/C8H13NO6S/c9-4(7(12)13)3-16-5(8(14)15)1-2-6(10)11/h4-5H,1-3,9H2,(H,10,11)(H,12,13)(H,14,15)/t4-,5?/m0/s1. The predicted octanol–water partition coefficient (Wildman–Crippen LogP) is -0.550. The highest BCUT2D eigenvalue weighted by atomic mass is 32.2. The van der Waals surface area contributed by atoms with Crippen molar-refractivity contribution in [2.24, 2.45) is 5.73 Å². The Hall–Kier alpha value is -1.28. The minimum Gasteiger partial charge on any atom is -0.481 e. The fourth-order valence-electron chi connectivity index (χ4n) is 0.824. The van der Waals surface area contributed by atoms with E-state index >= 15 is 0 Å². The van der Waals surface area contributed by atoms with Crippen molar-refractivity contribution in [3.63, 3.8) is 0 Å². The summed E-state index contributed by atoms with van der Waals surface area (Å²) in [4.78, 5) is 31.3. The topological polar surface area (TPSA) is 138 Å². The molecule has 0 spiro atoms. The van der Waals surface area contributed by atoms with Gasteiger partial charge in [-0.05, 0) is 6.42 Å². The van der Waals surface area contributed by atoms with Crippen molar-refractivity contribution in [2.45, 2.75) is 24.1 Å². The lowest BCUT2D eigenvalue weighted by Gasteiger charge is -2.12. The fraction of sp³-hybridized carbons (Fsp3) is 0.625. The number of rotatable bonds is 8. The third-order valence-corrected chi connectivity index (χ3v) is 3.08. The van der Waals surface area contributed by atoms with E-state index in [1.165, 1.54) is 0 Å². The molecule has 2 atom stereocenters. The molecule has 0 aromatic heterocycles. The summed E-state index contributed by atoms with van der Waals surface area (Å²) in [7, 11) is 0. The van der Waals surface area contributed by atoms with Crippen LogP contribution in [0, 0.1) is 0 Å². The zero-order valence-corrected chi connectivity index (χ0v) is 9.14. The summed E-state index contributed by atoms with van der Waals surface area (Å²) in [5.41, 5.74) is 5.19. The highest BCUT2D eigenvalue weighted by Crippen LogP contribution is 2.17. The van der Waals surface area contributed by atoms with Crippen LogP contribution in [-0.2, 0) is 14.4 Å². The van der Waals surface area contributed by atoms with E-state index in [2.05, 4.69) is 0 Å². The highest BCUT2D eigenvalue weighted by molar-refractivity contribution is 8.00. The Morgan fingerprint density at radius 2 is 1.69 bits per heavy atom. The van der Waals surface area contributed by atoms with Gasteiger partial charge in [-0.2, -0.15) is 0 Å². The van der Waals surface area contributed by atoms with E-state index in [0.29, 0.717) is 0 Å². The van der Waals surface area contributed by atoms with E-state index in [1.807, 2.05) is 0 Å². The molecule has 0 amide bonds. The molecule has 0 aromatic carbocycles. The molecule has 0 radical (unpaired) electrons. The van der Waals surface area contributed by atoms with Crippen molar-refractivity contribution in [1.29, 1.82) is 0 Å². The van der Waals surface area contributed by atoms with Gasteiger partial charge in [0.1, 0.15) is 11.3 Å². The highest BCUT2D eigenvalue weighted by Gasteiger charge is 2.22. The summed E-state index contributed by atoms with van der Waals surface area (Å²) in [6, 6.07) is -1.14. The number of nitrogens with two attached hydrogens (primary N) is 1. The second kappa shape index (κ2) is 7.07. The lowest BCUT2D eigenvalue weighted by molar-refractivity contribution is -0.139. The number of hydrogen-bond acceptors (Lipinski definition) is 5. The van der Waals surface area contributed by atoms with Crippen LogP contribution in [0.2, 0.25) is 0 Å². The monoisotopic (exact) mass is 251 g/mol. The molecule has 0 fully saturated rings. The van der Waals surface area contributed by atoms with Gasteiger partial charge in [0, 0.05) is 12.2 Å². The molecular weight excluding hydrogens is 238 g/mol. The lowest BCUT2D eigenvalue weighted by atomic mass is 10.2. The quantitative estimate of drug-likeness (QED) is 0.450. The zero-order chi connectivity index (χ0) is 12.7. The Labute approximate surface area is 95.6 Å². The van der Waals surface area contributed by atoms with Gasteiger partial charge >= 0.3 is 17.9 Å². The van der Waals surface area contributed by atoms with E-state index in [4.69, 9.17) is 21.1 Å². The second-order valence-electron chi connectivity index (χ2n) is 3.04. The van der Waals surface area contributed by atoms with Crippen molar-refractivity contribution in [1.82, 2.24) is 0 Å². The number of carboxylic acid groups (broad SMARTS) is 3. The lowest BCUT2D eigenvalue weighted by Crippen LogP contribution is -2.34. The van der Waals surface area contributed by atoms with Crippen LogP contribution in [-0.4, -0.2) is 50.3 Å². The van der Waals surface area contributed by atoms with Gasteiger partial charge < -0.3 is 21.1 Å². The smallest absolute Gasteiger partial charge is 0.321 e. The molecule has 0 saturated heterocycles. The van der Waals surface area contributed by atoms with Crippen LogP contribution in [0.1, 0.15) is 12.8 Å². The minimum absolute atomic E-state index is 0.0539. The molecule has 0 rings (SSSR count). The summed E-state index contributed by atoms with van der Waals surface area (Å²) in [6.45, 7) is 0. The maximum Gasteiger partial charge on any atom is 0.321 e. The zero-order valence-electron chi connectivity index (χ0n) is 8.33. The van der Waals surface area contributed by atoms with Gasteiger partial charge in [0.25, 0.3) is 0 Å². The van der Waals surface area contributed by atoms with Crippen LogP contribution in [0.5, 0.6) is 0 Å². The Kier molecular flexibility index (Phi) is 6.50. The Bertz CT molecular complexity index is 282. The van der Waals surface area contributed by atoms with Gasteiger partial charge in [-0.25, -0.2) is 0 Å². The molecule has 0 aromatic rings. The van der Waals surface area contributed by atoms with Gasteiger partial charge in [-0.15, -0.1) is 11.8 Å². The van der Waals surface area contributed by atoms with E-state index in [-0.39, 0.29) is 18.6 Å². The first-order valence-electron chi connectivity index (χ1n) is 4.39. The van der Waals surface area contributed by atoms with Crippen molar-refractivity contribution < 1.29 is 29.7 Å². The minimum atomic E-state index is -1.21. The SMILES string of the molecule is N[C@@H](CSC(CCC(=O)O)C(=O)O)C(=O)O. The number of hydrogen-bond donors (Lipinski definition) is 4. The van der Waals surface area contributed by atoms with E-state index < -0.39 is 29.2 Å². The molecule has 0 aliphatic heterocycles. The first-order chi connectivity index (χ1) is 7.34. The van der Waals surface area contributed by atoms with E-state index in [9.17, 15) is 14.4 Å². The first-order valence-corrected chi connectivity index (χ1v) is 5.44. The van der Waals surface area contributed by atoms with Gasteiger partial charge in [0.05, 0.1) is 0 Å². The number of aliphatic carboxylic acids is 3. The largest absolute Gasteiger partial charge is 0.481 e. The summed E-state index contributed by atoms with van der Waals surface area (Å²) < 4.78 is 0. The normalized spacial score (nSPS) is 14.1. The molecule has 92 valence electrons. The molecule has 0 aliphatic rings. The van der Waals surface area contributed by atoms with Crippen molar-refractivity contribution in [2.75, 3.05) is 5.75 Å². The molecule has 0 bridgehead atoms. The first kappa shape index (κ1) is 14.7. The Morgan fingerprint density at radius 1 is 1.12 bits per heavy atom.